The number of aliphatic hydroxyl groups excluding tert-OH is 3. The second kappa shape index (κ2) is 8.77. The zero-order valence-corrected chi connectivity index (χ0v) is 17.8. The number of halogens is 3. The molecule has 0 bridgehead atoms. The first kappa shape index (κ1) is 22.6. The van der Waals surface area contributed by atoms with E-state index in [-0.39, 0.29) is 24.8 Å². The number of nitrogens with zero attached hydrogens (tertiary/aromatic N) is 3. The lowest BCUT2D eigenvalue weighted by Crippen LogP contribution is -2.36. The lowest BCUT2D eigenvalue weighted by atomic mass is 10.1. The van der Waals surface area contributed by atoms with Gasteiger partial charge in [-0.3, -0.25) is 0 Å². The van der Waals surface area contributed by atoms with Crippen LogP contribution in [0.2, 0.25) is 0 Å². The third kappa shape index (κ3) is 4.63. The molecule has 0 unspecified atom stereocenters. The molecule has 0 spiro atoms. The Bertz CT molecular complexity index is 1080. The van der Waals surface area contributed by atoms with Gasteiger partial charge in [0.1, 0.15) is 23.5 Å². The van der Waals surface area contributed by atoms with Gasteiger partial charge >= 0.3 is 6.18 Å². The van der Waals surface area contributed by atoms with Crippen molar-refractivity contribution in [3.63, 3.8) is 0 Å². The van der Waals surface area contributed by atoms with Gasteiger partial charge < -0.3 is 26.0 Å². The van der Waals surface area contributed by atoms with Crippen molar-refractivity contribution in [2.75, 3.05) is 23.8 Å². The van der Waals surface area contributed by atoms with Crippen LogP contribution in [0.4, 0.5) is 24.9 Å². The van der Waals surface area contributed by atoms with E-state index in [1.807, 2.05) is 24.3 Å². The van der Waals surface area contributed by atoms with Crippen molar-refractivity contribution < 1.29 is 28.5 Å². The molecule has 12 heteroatoms. The molecule has 0 radical (unpaired) electrons. The van der Waals surface area contributed by atoms with Crippen LogP contribution in [0.1, 0.15) is 12.1 Å². The summed E-state index contributed by atoms with van der Waals surface area (Å²) in [4.78, 5) is 13.0. The first-order chi connectivity index (χ1) is 15.2. The van der Waals surface area contributed by atoms with E-state index in [0.717, 1.165) is 10.2 Å². The summed E-state index contributed by atoms with van der Waals surface area (Å²) in [5, 5.41) is 35.8. The zero-order chi connectivity index (χ0) is 23.0. The average Bonchev–Trinajstić information content (AvgIpc) is 3.27. The van der Waals surface area contributed by atoms with E-state index < -0.39 is 36.9 Å². The predicted molar refractivity (Wildman–Crippen MR) is 115 cm³/mol. The number of fused-ring (bicyclic) bond motifs is 1. The van der Waals surface area contributed by atoms with Gasteiger partial charge in [0.15, 0.2) is 0 Å². The number of alkyl halides is 3. The Labute approximate surface area is 185 Å². The standard InChI is InChI=1S/C20H22F3N5O3S/c1-9-14(18-27-11-4-2-3-5-13(11)32-18)17(28-19(25-9)24-8-20(21,22)23)26-12-6-10(7-29)15(30)16(12)31/h2-5,10,12,15-16,29-31H,6-8H2,1H3,(H2,24,25,26,28)/t10-,12-,15-,16-/m1/s1. The van der Waals surface area contributed by atoms with E-state index in [1.165, 1.54) is 11.3 Å². The topological polar surface area (TPSA) is 123 Å². The molecule has 4 rings (SSSR count). The number of aryl methyl sites for hydroxylation is 1. The summed E-state index contributed by atoms with van der Waals surface area (Å²) in [6.45, 7) is 0.0372. The number of aromatic nitrogens is 3. The molecule has 1 saturated carbocycles. The molecule has 32 heavy (non-hydrogen) atoms. The van der Waals surface area contributed by atoms with Crippen LogP contribution in [0.3, 0.4) is 0 Å². The number of aliphatic hydroxyl groups is 3. The summed E-state index contributed by atoms with van der Waals surface area (Å²) >= 11 is 1.38. The van der Waals surface area contributed by atoms with Crippen molar-refractivity contribution in [2.24, 2.45) is 5.92 Å². The summed E-state index contributed by atoms with van der Waals surface area (Å²) in [5.41, 5.74) is 1.66. The van der Waals surface area contributed by atoms with Gasteiger partial charge in [-0.05, 0) is 25.5 Å². The number of hydrogen-bond donors (Lipinski definition) is 5. The van der Waals surface area contributed by atoms with Crippen molar-refractivity contribution in [1.82, 2.24) is 15.0 Å². The van der Waals surface area contributed by atoms with Crippen LogP contribution < -0.4 is 10.6 Å². The minimum Gasteiger partial charge on any atom is -0.396 e. The quantitative estimate of drug-likeness (QED) is 0.373. The van der Waals surface area contributed by atoms with Crippen molar-refractivity contribution in [3.8, 4) is 10.6 Å². The molecular formula is C20H22F3N5O3S. The molecule has 3 aromatic rings. The minimum absolute atomic E-state index is 0.191. The van der Waals surface area contributed by atoms with Crippen molar-refractivity contribution >= 4 is 33.3 Å². The Balaban J connectivity index is 1.74. The van der Waals surface area contributed by atoms with Crippen LogP contribution in [0, 0.1) is 12.8 Å². The van der Waals surface area contributed by atoms with Gasteiger partial charge in [0.05, 0.1) is 33.6 Å². The molecule has 1 aliphatic rings. The maximum atomic E-state index is 12.7. The average molecular weight is 469 g/mol. The van der Waals surface area contributed by atoms with Gasteiger partial charge in [-0.25, -0.2) is 9.97 Å². The molecule has 2 aromatic heterocycles. The Kier molecular flexibility index (Phi) is 6.21. The minimum atomic E-state index is -4.45. The number of anilines is 2. The fourth-order valence-corrected chi connectivity index (χ4v) is 4.86. The third-order valence-corrected chi connectivity index (χ3v) is 6.46. The normalized spacial score (nSPS) is 23.6. The summed E-state index contributed by atoms with van der Waals surface area (Å²) in [6.07, 6.45) is -6.50. The van der Waals surface area contributed by atoms with Crippen molar-refractivity contribution in [2.45, 2.75) is 37.8 Å². The highest BCUT2D eigenvalue weighted by Gasteiger charge is 2.41. The number of para-hydroxylation sites is 1. The van der Waals surface area contributed by atoms with Crippen LogP contribution in [-0.4, -0.2) is 67.8 Å². The summed E-state index contributed by atoms with van der Waals surface area (Å²) < 4.78 is 39.0. The Morgan fingerprint density at radius 1 is 1.12 bits per heavy atom. The lowest BCUT2D eigenvalue weighted by molar-refractivity contribution is -0.115. The smallest absolute Gasteiger partial charge is 0.396 e. The SMILES string of the molecule is Cc1nc(NCC(F)(F)F)nc(N[C@@H]2C[C@H](CO)[C@@H](O)[C@@H]2O)c1-c1nc2ccccc2s1. The van der Waals surface area contributed by atoms with Crippen LogP contribution in [-0.2, 0) is 0 Å². The monoisotopic (exact) mass is 469 g/mol. The Morgan fingerprint density at radius 3 is 2.53 bits per heavy atom. The van der Waals surface area contributed by atoms with Crippen molar-refractivity contribution in [1.29, 1.82) is 0 Å². The molecule has 2 heterocycles. The van der Waals surface area contributed by atoms with Crippen LogP contribution in [0.25, 0.3) is 20.8 Å². The van der Waals surface area contributed by atoms with Crippen LogP contribution in [0.5, 0.6) is 0 Å². The Hall–Kier alpha value is -2.54. The van der Waals surface area contributed by atoms with E-state index in [4.69, 9.17) is 0 Å². The summed E-state index contributed by atoms with van der Waals surface area (Å²) in [5.74, 6) is -0.561. The molecule has 1 aromatic carbocycles. The number of rotatable bonds is 6. The molecule has 0 saturated heterocycles. The Morgan fingerprint density at radius 2 is 1.88 bits per heavy atom. The van der Waals surface area contributed by atoms with Gasteiger partial charge in [0, 0.05) is 12.5 Å². The number of thiazole rings is 1. The second-order valence-electron chi connectivity index (χ2n) is 7.72. The molecule has 1 aliphatic carbocycles. The van der Waals surface area contributed by atoms with Gasteiger partial charge in [-0.1, -0.05) is 12.1 Å². The molecule has 1 fully saturated rings. The van der Waals surface area contributed by atoms with E-state index >= 15 is 0 Å². The van der Waals surface area contributed by atoms with Gasteiger partial charge in [-0.15, -0.1) is 11.3 Å². The third-order valence-electron chi connectivity index (χ3n) is 5.40. The van der Waals surface area contributed by atoms with Gasteiger partial charge in [0.25, 0.3) is 0 Å². The number of nitrogens with one attached hydrogen (secondary N) is 2. The molecule has 5 N–H and O–H groups in total. The highest BCUT2D eigenvalue weighted by Crippen LogP contribution is 2.38. The summed E-state index contributed by atoms with van der Waals surface area (Å²) in [7, 11) is 0. The molecule has 0 aliphatic heterocycles. The fraction of sp³-hybridized carbons (Fsp3) is 0.450. The van der Waals surface area contributed by atoms with E-state index in [2.05, 4.69) is 25.6 Å². The maximum Gasteiger partial charge on any atom is 0.405 e. The van der Waals surface area contributed by atoms with Crippen LogP contribution >= 0.6 is 11.3 Å². The van der Waals surface area contributed by atoms with Crippen molar-refractivity contribution in [3.05, 3.63) is 30.0 Å². The largest absolute Gasteiger partial charge is 0.405 e. The maximum absolute atomic E-state index is 12.7. The number of hydrogen-bond acceptors (Lipinski definition) is 9. The van der Waals surface area contributed by atoms with E-state index in [0.29, 0.717) is 16.3 Å². The fourth-order valence-electron chi connectivity index (χ4n) is 3.80. The first-order valence-electron chi connectivity index (χ1n) is 9.95. The predicted octanol–water partition coefficient (Wildman–Crippen LogP) is 2.55. The molecule has 4 atom stereocenters. The lowest BCUT2D eigenvalue weighted by Gasteiger charge is -2.21. The molecule has 172 valence electrons. The second-order valence-corrected chi connectivity index (χ2v) is 8.75. The van der Waals surface area contributed by atoms with Gasteiger partial charge in [-0.2, -0.15) is 18.2 Å². The molecular weight excluding hydrogens is 447 g/mol. The molecule has 8 nitrogen and oxygen atoms in total. The summed E-state index contributed by atoms with van der Waals surface area (Å²) in [6, 6.07) is 6.81. The van der Waals surface area contributed by atoms with E-state index in [1.54, 1.807) is 6.92 Å². The zero-order valence-electron chi connectivity index (χ0n) is 17.0. The highest BCUT2D eigenvalue weighted by atomic mass is 32.1. The van der Waals surface area contributed by atoms with Gasteiger partial charge in [0.2, 0.25) is 5.95 Å². The molecule has 0 amide bonds. The number of benzene rings is 1. The highest BCUT2D eigenvalue weighted by molar-refractivity contribution is 7.21. The van der Waals surface area contributed by atoms with E-state index in [9.17, 15) is 28.5 Å². The first-order valence-corrected chi connectivity index (χ1v) is 10.8. The van der Waals surface area contributed by atoms with Crippen LogP contribution in [0.15, 0.2) is 24.3 Å².